The Morgan fingerprint density at radius 3 is 2.59 bits per heavy atom. The molecule has 1 N–H and O–H groups in total. The van der Waals surface area contributed by atoms with Gasteiger partial charge in [-0.05, 0) is 51.3 Å². The first kappa shape index (κ1) is 16.2. The van der Waals surface area contributed by atoms with Crippen LogP contribution >= 0.6 is 0 Å². The summed E-state index contributed by atoms with van der Waals surface area (Å²) in [6.07, 6.45) is 2.74. The molecule has 1 amide bonds. The molecule has 2 aromatic heterocycles. The highest BCUT2D eigenvalue weighted by molar-refractivity contribution is 5.76. The first-order valence-corrected chi connectivity index (χ1v) is 7.67. The van der Waals surface area contributed by atoms with Crippen LogP contribution in [0.1, 0.15) is 48.1 Å². The molecule has 2 aromatic rings. The van der Waals surface area contributed by atoms with Gasteiger partial charge in [-0.25, -0.2) is 0 Å². The molecule has 0 bridgehead atoms. The summed E-state index contributed by atoms with van der Waals surface area (Å²) in [4.78, 5) is 16.5. The van der Waals surface area contributed by atoms with Crippen molar-refractivity contribution in [3.05, 3.63) is 46.5 Å². The Balaban J connectivity index is 2.02. The van der Waals surface area contributed by atoms with E-state index in [1.807, 2.05) is 39.8 Å². The van der Waals surface area contributed by atoms with Crippen LogP contribution < -0.4 is 5.32 Å². The van der Waals surface area contributed by atoms with Gasteiger partial charge in [0.2, 0.25) is 5.91 Å². The minimum Gasteiger partial charge on any atom is -0.348 e. The van der Waals surface area contributed by atoms with Crippen LogP contribution in [0, 0.1) is 20.8 Å². The molecular formula is C17H24N4O. The van der Waals surface area contributed by atoms with Gasteiger partial charge in [-0.2, -0.15) is 5.10 Å². The highest BCUT2D eigenvalue weighted by Gasteiger charge is 2.14. The SMILES string of the molecule is CCc1c(C)nn(CC(=O)N[C@H](C)c2ccc(C)nc2)c1C. The third kappa shape index (κ3) is 3.53. The van der Waals surface area contributed by atoms with Crippen molar-refractivity contribution in [2.24, 2.45) is 0 Å². The van der Waals surface area contributed by atoms with E-state index in [1.165, 1.54) is 5.56 Å². The first-order chi connectivity index (χ1) is 10.4. The molecule has 0 spiro atoms. The molecule has 0 aliphatic carbocycles. The summed E-state index contributed by atoms with van der Waals surface area (Å²) < 4.78 is 1.78. The van der Waals surface area contributed by atoms with Crippen LogP contribution in [0.15, 0.2) is 18.3 Å². The van der Waals surface area contributed by atoms with Gasteiger partial charge in [-0.15, -0.1) is 0 Å². The van der Waals surface area contributed by atoms with E-state index in [-0.39, 0.29) is 18.5 Å². The minimum absolute atomic E-state index is 0.0404. The van der Waals surface area contributed by atoms with Gasteiger partial charge in [0.05, 0.1) is 11.7 Å². The van der Waals surface area contributed by atoms with E-state index in [1.54, 1.807) is 10.9 Å². The molecule has 0 aliphatic heterocycles. The van der Waals surface area contributed by atoms with Gasteiger partial charge >= 0.3 is 0 Å². The molecule has 5 heteroatoms. The number of pyridine rings is 1. The van der Waals surface area contributed by atoms with Crippen molar-refractivity contribution in [3.63, 3.8) is 0 Å². The van der Waals surface area contributed by atoms with Crippen molar-refractivity contribution in [3.8, 4) is 0 Å². The maximum absolute atomic E-state index is 12.2. The monoisotopic (exact) mass is 300 g/mol. The number of nitrogens with one attached hydrogen (secondary N) is 1. The number of aryl methyl sites for hydroxylation is 2. The number of nitrogens with zero attached hydrogens (tertiary/aromatic N) is 3. The Kier molecular flexibility index (Phi) is 4.96. The van der Waals surface area contributed by atoms with E-state index in [0.29, 0.717) is 0 Å². The first-order valence-electron chi connectivity index (χ1n) is 7.67. The van der Waals surface area contributed by atoms with Crippen LogP contribution in [0.3, 0.4) is 0 Å². The molecule has 0 radical (unpaired) electrons. The molecule has 5 nitrogen and oxygen atoms in total. The van der Waals surface area contributed by atoms with E-state index < -0.39 is 0 Å². The quantitative estimate of drug-likeness (QED) is 0.923. The molecule has 0 aliphatic rings. The Bertz CT molecular complexity index is 658. The standard InChI is InChI=1S/C17H24N4O/c1-6-16-13(4)20-21(14(16)5)10-17(22)19-12(3)15-8-7-11(2)18-9-15/h7-9,12H,6,10H2,1-5H3,(H,19,22)/t12-/m1/s1. The summed E-state index contributed by atoms with van der Waals surface area (Å²) in [5.41, 5.74) is 5.27. The van der Waals surface area contributed by atoms with Gasteiger partial charge in [-0.3, -0.25) is 14.5 Å². The number of hydrogen-bond donors (Lipinski definition) is 1. The lowest BCUT2D eigenvalue weighted by Gasteiger charge is -2.14. The number of amides is 1. The second kappa shape index (κ2) is 6.73. The molecule has 22 heavy (non-hydrogen) atoms. The molecule has 0 saturated heterocycles. The van der Waals surface area contributed by atoms with Crippen molar-refractivity contribution in [2.75, 3.05) is 0 Å². The highest BCUT2D eigenvalue weighted by Crippen LogP contribution is 2.14. The van der Waals surface area contributed by atoms with E-state index in [2.05, 4.69) is 22.3 Å². The van der Waals surface area contributed by atoms with Gasteiger partial charge in [-0.1, -0.05) is 13.0 Å². The fourth-order valence-electron chi connectivity index (χ4n) is 2.64. The molecule has 0 fully saturated rings. The Morgan fingerprint density at radius 2 is 2.05 bits per heavy atom. The molecule has 2 heterocycles. The third-order valence-corrected chi connectivity index (χ3v) is 3.99. The maximum Gasteiger partial charge on any atom is 0.242 e. The minimum atomic E-state index is -0.0665. The van der Waals surface area contributed by atoms with Gasteiger partial charge in [0.25, 0.3) is 0 Å². The van der Waals surface area contributed by atoms with E-state index >= 15 is 0 Å². The zero-order valence-electron chi connectivity index (χ0n) is 14.0. The average Bonchev–Trinajstić information content (AvgIpc) is 2.73. The lowest BCUT2D eigenvalue weighted by atomic mass is 10.1. The van der Waals surface area contributed by atoms with Crippen molar-refractivity contribution < 1.29 is 4.79 Å². The fraction of sp³-hybridized carbons (Fsp3) is 0.471. The Labute approximate surface area is 131 Å². The third-order valence-electron chi connectivity index (χ3n) is 3.99. The van der Waals surface area contributed by atoms with Gasteiger partial charge in [0.15, 0.2) is 0 Å². The van der Waals surface area contributed by atoms with Crippen molar-refractivity contribution in [2.45, 2.75) is 53.6 Å². The second-order valence-corrected chi connectivity index (χ2v) is 5.68. The summed E-state index contributed by atoms with van der Waals surface area (Å²) in [7, 11) is 0. The normalized spacial score (nSPS) is 12.2. The number of carbonyl (C=O) groups excluding carboxylic acids is 1. The average molecular weight is 300 g/mol. The maximum atomic E-state index is 12.2. The van der Waals surface area contributed by atoms with Crippen molar-refractivity contribution in [1.29, 1.82) is 0 Å². The number of carbonyl (C=O) groups is 1. The molecule has 0 unspecified atom stereocenters. The van der Waals surface area contributed by atoms with Crippen LogP contribution in [0.4, 0.5) is 0 Å². The van der Waals surface area contributed by atoms with Crippen LogP contribution in [0.25, 0.3) is 0 Å². The van der Waals surface area contributed by atoms with Crippen LogP contribution in [0.5, 0.6) is 0 Å². The number of aromatic nitrogens is 3. The smallest absolute Gasteiger partial charge is 0.242 e. The zero-order chi connectivity index (χ0) is 16.3. The van der Waals surface area contributed by atoms with E-state index in [4.69, 9.17) is 0 Å². The van der Waals surface area contributed by atoms with Gasteiger partial charge in [0.1, 0.15) is 6.54 Å². The van der Waals surface area contributed by atoms with Gasteiger partial charge in [0, 0.05) is 17.6 Å². The summed E-state index contributed by atoms with van der Waals surface area (Å²) in [5.74, 6) is -0.0404. The molecular weight excluding hydrogens is 276 g/mol. The molecule has 0 aromatic carbocycles. The van der Waals surface area contributed by atoms with Crippen LogP contribution in [-0.2, 0) is 17.8 Å². The predicted molar refractivity (Wildman–Crippen MR) is 86.6 cm³/mol. The van der Waals surface area contributed by atoms with Gasteiger partial charge < -0.3 is 5.32 Å². The topological polar surface area (TPSA) is 59.8 Å². The molecule has 1 atom stereocenters. The largest absolute Gasteiger partial charge is 0.348 e. The summed E-state index contributed by atoms with van der Waals surface area (Å²) in [5, 5.41) is 7.45. The van der Waals surface area contributed by atoms with Crippen LogP contribution in [0.2, 0.25) is 0 Å². The summed E-state index contributed by atoms with van der Waals surface area (Å²) in [6.45, 7) is 10.3. The fourth-order valence-corrected chi connectivity index (χ4v) is 2.64. The Morgan fingerprint density at radius 1 is 1.32 bits per heavy atom. The number of rotatable bonds is 5. The van der Waals surface area contributed by atoms with Crippen LogP contribution in [-0.4, -0.2) is 20.7 Å². The van der Waals surface area contributed by atoms with E-state index in [0.717, 1.165) is 29.1 Å². The number of hydrogen-bond acceptors (Lipinski definition) is 3. The lowest BCUT2D eigenvalue weighted by molar-refractivity contribution is -0.122. The summed E-state index contributed by atoms with van der Waals surface area (Å²) >= 11 is 0. The van der Waals surface area contributed by atoms with Crippen molar-refractivity contribution in [1.82, 2.24) is 20.1 Å². The molecule has 0 saturated carbocycles. The Hall–Kier alpha value is -2.17. The van der Waals surface area contributed by atoms with E-state index in [9.17, 15) is 4.79 Å². The second-order valence-electron chi connectivity index (χ2n) is 5.68. The predicted octanol–water partition coefficient (Wildman–Crippen LogP) is 2.64. The molecule has 2 rings (SSSR count). The highest BCUT2D eigenvalue weighted by atomic mass is 16.2. The zero-order valence-corrected chi connectivity index (χ0v) is 14.0. The lowest BCUT2D eigenvalue weighted by Crippen LogP contribution is -2.30. The molecule has 118 valence electrons. The summed E-state index contributed by atoms with van der Waals surface area (Å²) in [6, 6.07) is 3.88. The van der Waals surface area contributed by atoms with Crippen molar-refractivity contribution >= 4 is 5.91 Å².